The molecule has 0 aliphatic heterocycles. The van der Waals surface area contributed by atoms with Crippen LogP contribution in [0.4, 0.5) is 4.39 Å². The third-order valence-corrected chi connectivity index (χ3v) is 2.73. The fraction of sp³-hybridized carbons (Fsp3) is 0.200. The molecule has 0 spiro atoms. The second-order valence-corrected chi connectivity index (χ2v) is 4.39. The average Bonchev–Trinajstić information content (AvgIpc) is 2.97. The third-order valence-electron chi connectivity index (χ3n) is 2.73. The summed E-state index contributed by atoms with van der Waals surface area (Å²) < 4.78 is 17.9. The van der Waals surface area contributed by atoms with Gasteiger partial charge in [0.25, 0.3) is 5.91 Å². The van der Waals surface area contributed by atoms with Crippen LogP contribution in [0, 0.1) is 5.82 Å². The SMILES string of the molecule is O=C(Cc1cccc(F)c1)NCCNC(=O)c1ccco1. The fourth-order valence-electron chi connectivity index (χ4n) is 1.77. The van der Waals surface area contributed by atoms with Gasteiger partial charge in [0.15, 0.2) is 5.76 Å². The Kier molecular flexibility index (Phi) is 5.09. The number of furan rings is 1. The van der Waals surface area contributed by atoms with Crippen LogP contribution in [0.25, 0.3) is 0 Å². The largest absolute Gasteiger partial charge is 0.459 e. The van der Waals surface area contributed by atoms with Crippen LogP contribution in [-0.2, 0) is 11.2 Å². The summed E-state index contributed by atoms with van der Waals surface area (Å²) in [6, 6.07) is 9.06. The van der Waals surface area contributed by atoms with Crippen molar-refractivity contribution in [3.05, 3.63) is 59.8 Å². The summed E-state index contributed by atoms with van der Waals surface area (Å²) >= 11 is 0. The van der Waals surface area contributed by atoms with Crippen molar-refractivity contribution in [1.82, 2.24) is 10.6 Å². The summed E-state index contributed by atoms with van der Waals surface area (Å²) in [5.74, 6) is -0.709. The van der Waals surface area contributed by atoms with Gasteiger partial charge in [-0.2, -0.15) is 0 Å². The molecule has 0 radical (unpaired) electrons. The van der Waals surface area contributed by atoms with Gasteiger partial charge in [0, 0.05) is 13.1 Å². The molecule has 0 aliphatic rings. The van der Waals surface area contributed by atoms with Gasteiger partial charge in [0.05, 0.1) is 12.7 Å². The van der Waals surface area contributed by atoms with E-state index >= 15 is 0 Å². The number of halogens is 1. The van der Waals surface area contributed by atoms with Gasteiger partial charge in [-0.25, -0.2) is 4.39 Å². The standard InChI is InChI=1S/C15H15FN2O3/c16-12-4-1-3-11(9-12)10-14(19)17-6-7-18-15(20)13-5-2-8-21-13/h1-5,8-9H,6-7,10H2,(H,17,19)(H,18,20). The third kappa shape index (κ3) is 4.76. The molecule has 0 aliphatic carbocycles. The first-order valence-electron chi connectivity index (χ1n) is 6.48. The van der Waals surface area contributed by atoms with E-state index in [-0.39, 0.29) is 36.4 Å². The molecule has 2 aromatic rings. The topological polar surface area (TPSA) is 71.3 Å². The van der Waals surface area contributed by atoms with Gasteiger partial charge >= 0.3 is 0 Å². The van der Waals surface area contributed by atoms with Crippen molar-refractivity contribution in [2.75, 3.05) is 13.1 Å². The van der Waals surface area contributed by atoms with E-state index in [0.717, 1.165) is 0 Å². The highest BCUT2D eigenvalue weighted by atomic mass is 19.1. The second-order valence-electron chi connectivity index (χ2n) is 4.39. The summed E-state index contributed by atoms with van der Waals surface area (Å²) in [5.41, 5.74) is 0.604. The molecule has 110 valence electrons. The van der Waals surface area contributed by atoms with Gasteiger partial charge in [-0.05, 0) is 29.8 Å². The normalized spacial score (nSPS) is 10.1. The first-order valence-corrected chi connectivity index (χ1v) is 6.48. The molecule has 21 heavy (non-hydrogen) atoms. The van der Waals surface area contributed by atoms with Crippen LogP contribution in [0.5, 0.6) is 0 Å². The van der Waals surface area contributed by atoms with Gasteiger partial charge in [-0.3, -0.25) is 9.59 Å². The highest BCUT2D eigenvalue weighted by molar-refractivity contribution is 5.91. The van der Waals surface area contributed by atoms with Gasteiger partial charge < -0.3 is 15.1 Å². The van der Waals surface area contributed by atoms with Gasteiger partial charge in [0.2, 0.25) is 5.91 Å². The van der Waals surface area contributed by atoms with Gasteiger partial charge in [0.1, 0.15) is 5.82 Å². The van der Waals surface area contributed by atoms with Crippen LogP contribution < -0.4 is 10.6 Å². The van der Waals surface area contributed by atoms with Crippen LogP contribution in [-0.4, -0.2) is 24.9 Å². The molecular weight excluding hydrogens is 275 g/mol. The second kappa shape index (κ2) is 7.23. The molecule has 0 saturated heterocycles. The molecular formula is C15H15FN2O3. The number of nitrogens with one attached hydrogen (secondary N) is 2. The van der Waals surface area contributed by atoms with E-state index < -0.39 is 0 Å². The molecule has 1 aromatic carbocycles. The minimum absolute atomic E-state index is 0.101. The molecule has 1 heterocycles. The van der Waals surface area contributed by atoms with E-state index in [9.17, 15) is 14.0 Å². The van der Waals surface area contributed by atoms with Crippen molar-refractivity contribution in [1.29, 1.82) is 0 Å². The number of hydrogen-bond donors (Lipinski definition) is 2. The lowest BCUT2D eigenvalue weighted by Crippen LogP contribution is -2.35. The van der Waals surface area contributed by atoms with Crippen LogP contribution in [0.3, 0.4) is 0 Å². The number of rotatable bonds is 6. The lowest BCUT2D eigenvalue weighted by Gasteiger charge is -2.06. The molecule has 5 nitrogen and oxygen atoms in total. The van der Waals surface area contributed by atoms with E-state index in [1.807, 2.05) is 0 Å². The predicted octanol–water partition coefficient (Wildman–Crippen LogP) is 1.51. The smallest absolute Gasteiger partial charge is 0.287 e. The molecule has 2 N–H and O–H groups in total. The minimum Gasteiger partial charge on any atom is -0.459 e. The number of benzene rings is 1. The first-order chi connectivity index (χ1) is 10.1. The molecule has 1 aromatic heterocycles. The fourth-order valence-corrected chi connectivity index (χ4v) is 1.77. The zero-order valence-corrected chi connectivity index (χ0v) is 11.3. The maximum Gasteiger partial charge on any atom is 0.287 e. The van der Waals surface area contributed by atoms with E-state index in [2.05, 4.69) is 10.6 Å². The van der Waals surface area contributed by atoms with Crippen LogP contribution >= 0.6 is 0 Å². The summed E-state index contributed by atoms with van der Waals surface area (Å²) in [5, 5.41) is 5.25. The number of carbonyl (C=O) groups is 2. The summed E-state index contributed by atoms with van der Waals surface area (Å²) in [6.45, 7) is 0.578. The Morgan fingerprint density at radius 3 is 2.62 bits per heavy atom. The Labute approximate surface area is 121 Å². The van der Waals surface area contributed by atoms with Crippen molar-refractivity contribution in [2.45, 2.75) is 6.42 Å². The summed E-state index contributed by atoms with van der Waals surface area (Å²) in [6.07, 6.45) is 1.51. The van der Waals surface area contributed by atoms with Crippen molar-refractivity contribution >= 4 is 11.8 Å². The van der Waals surface area contributed by atoms with Crippen LogP contribution in [0.2, 0.25) is 0 Å². The molecule has 0 bridgehead atoms. The lowest BCUT2D eigenvalue weighted by atomic mass is 10.1. The summed E-state index contributed by atoms with van der Waals surface area (Å²) in [4.78, 5) is 23.2. The minimum atomic E-state index is -0.369. The maximum absolute atomic E-state index is 13.0. The Hall–Kier alpha value is -2.63. The van der Waals surface area contributed by atoms with Crippen molar-refractivity contribution in [3.63, 3.8) is 0 Å². The maximum atomic E-state index is 13.0. The molecule has 0 fully saturated rings. The molecule has 2 amide bonds. The van der Waals surface area contributed by atoms with Crippen LogP contribution in [0.15, 0.2) is 47.1 Å². The molecule has 6 heteroatoms. The van der Waals surface area contributed by atoms with E-state index in [4.69, 9.17) is 4.42 Å². The van der Waals surface area contributed by atoms with E-state index in [1.54, 1.807) is 24.3 Å². The Bertz CT molecular complexity index is 611. The average molecular weight is 290 g/mol. The molecule has 2 rings (SSSR count). The molecule has 0 unspecified atom stereocenters. The number of amides is 2. The number of carbonyl (C=O) groups excluding carboxylic acids is 2. The highest BCUT2D eigenvalue weighted by Crippen LogP contribution is 2.04. The molecule has 0 saturated carbocycles. The van der Waals surface area contributed by atoms with E-state index in [0.29, 0.717) is 12.1 Å². The Morgan fingerprint density at radius 2 is 1.90 bits per heavy atom. The van der Waals surface area contributed by atoms with Gasteiger partial charge in [-0.1, -0.05) is 12.1 Å². The monoisotopic (exact) mass is 290 g/mol. The number of hydrogen-bond acceptors (Lipinski definition) is 3. The zero-order valence-electron chi connectivity index (χ0n) is 11.3. The zero-order chi connectivity index (χ0) is 15.1. The van der Waals surface area contributed by atoms with E-state index in [1.165, 1.54) is 18.4 Å². The Balaban J connectivity index is 1.67. The quantitative estimate of drug-likeness (QED) is 0.792. The van der Waals surface area contributed by atoms with Crippen LogP contribution in [0.1, 0.15) is 16.1 Å². The first kappa shape index (κ1) is 14.8. The van der Waals surface area contributed by atoms with Crippen molar-refractivity contribution < 1.29 is 18.4 Å². The predicted molar refractivity (Wildman–Crippen MR) is 74.2 cm³/mol. The highest BCUT2D eigenvalue weighted by Gasteiger charge is 2.07. The van der Waals surface area contributed by atoms with Gasteiger partial charge in [-0.15, -0.1) is 0 Å². The lowest BCUT2D eigenvalue weighted by molar-refractivity contribution is -0.120. The summed E-state index contributed by atoms with van der Waals surface area (Å²) in [7, 11) is 0. The van der Waals surface area contributed by atoms with Crippen molar-refractivity contribution in [2.24, 2.45) is 0 Å². The van der Waals surface area contributed by atoms with Crippen molar-refractivity contribution in [3.8, 4) is 0 Å². The Morgan fingerprint density at radius 1 is 1.10 bits per heavy atom. The molecule has 0 atom stereocenters.